The number of rotatable bonds is 2. The van der Waals surface area contributed by atoms with Gasteiger partial charge in [-0.25, -0.2) is 9.18 Å². The second-order valence-electron chi connectivity index (χ2n) is 4.90. The summed E-state index contributed by atoms with van der Waals surface area (Å²) in [5.41, 5.74) is 0.166. The summed E-state index contributed by atoms with van der Waals surface area (Å²) >= 11 is 0. The first-order chi connectivity index (χ1) is 9.56. The number of piperidine rings is 1. The van der Waals surface area contributed by atoms with Crippen molar-refractivity contribution in [1.29, 1.82) is 0 Å². The molecule has 0 saturated carbocycles. The fraction of sp³-hybridized carbons (Fsp3) is 0.429. The third-order valence-corrected chi connectivity index (χ3v) is 3.23. The number of benzene rings is 1. The van der Waals surface area contributed by atoms with Crippen molar-refractivity contribution < 1.29 is 14.0 Å². The molecule has 1 fully saturated rings. The number of carbonyl (C=O) groups is 2. The largest absolute Gasteiger partial charge is 0.352 e. The van der Waals surface area contributed by atoms with Gasteiger partial charge in [0.25, 0.3) is 0 Å². The van der Waals surface area contributed by atoms with Crippen molar-refractivity contribution in [1.82, 2.24) is 10.2 Å². The maximum absolute atomic E-state index is 13.5. The van der Waals surface area contributed by atoms with Gasteiger partial charge in [0, 0.05) is 26.1 Å². The van der Waals surface area contributed by atoms with E-state index >= 15 is 0 Å². The Morgan fingerprint density at radius 1 is 1.35 bits per heavy atom. The van der Waals surface area contributed by atoms with E-state index in [9.17, 15) is 14.0 Å². The van der Waals surface area contributed by atoms with Crippen LogP contribution >= 0.6 is 0 Å². The van der Waals surface area contributed by atoms with Crippen molar-refractivity contribution in [3.05, 3.63) is 30.1 Å². The molecule has 3 amide bonds. The Hall–Kier alpha value is -2.11. The Kier molecular flexibility index (Phi) is 4.55. The lowest BCUT2D eigenvalue weighted by molar-refractivity contribution is -0.119. The average Bonchev–Trinajstić information content (AvgIpc) is 2.41. The summed E-state index contributed by atoms with van der Waals surface area (Å²) in [4.78, 5) is 24.7. The van der Waals surface area contributed by atoms with Gasteiger partial charge in [0.15, 0.2) is 0 Å². The van der Waals surface area contributed by atoms with Gasteiger partial charge in [0.2, 0.25) is 5.91 Å². The van der Waals surface area contributed by atoms with Crippen molar-refractivity contribution in [2.45, 2.75) is 25.8 Å². The summed E-state index contributed by atoms with van der Waals surface area (Å²) < 4.78 is 13.5. The Morgan fingerprint density at radius 2 is 2.10 bits per heavy atom. The first-order valence-corrected chi connectivity index (χ1v) is 6.64. The molecule has 1 unspecified atom stereocenters. The molecule has 2 rings (SSSR count). The molecule has 1 heterocycles. The zero-order valence-electron chi connectivity index (χ0n) is 11.4. The van der Waals surface area contributed by atoms with E-state index in [4.69, 9.17) is 0 Å². The highest BCUT2D eigenvalue weighted by Crippen LogP contribution is 2.15. The highest BCUT2D eigenvalue weighted by atomic mass is 19.1. The summed E-state index contributed by atoms with van der Waals surface area (Å²) in [5.74, 6) is -0.567. The lowest BCUT2D eigenvalue weighted by Gasteiger charge is -2.33. The van der Waals surface area contributed by atoms with E-state index in [1.54, 1.807) is 17.0 Å². The van der Waals surface area contributed by atoms with Crippen LogP contribution in [0, 0.1) is 5.82 Å². The number of halogens is 1. The molecular formula is C14H18FN3O2. The van der Waals surface area contributed by atoms with Crippen LogP contribution in [0.15, 0.2) is 24.3 Å². The van der Waals surface area contributed by atoms with Crippen LogP contribution in [0.5, 0.6) is 0 Å². The molecule has 5 nitrogen and oxygen atoms in total. The smallest absolute Gasteiger partial charge is 0.321 e. The molecule has 1 aromatic rings. The van der Waals surface area contributed by atoms with Crippen molar-refractivity contribution >= 4 is 17.6 Å². The summed E-state index contributed by atoms with van der Waals surface area (Å²) in [7, 11) is 0. The Labute approximate surface area is 117 Å². The van der Waals surface area contributed by atoms with Crippen LogP contribution in [0.2, 0.25) is 0 Å². The fourth-order valence-electron chi connectivity index (χ4n) is 2.32. The molecule has 1 aromatic carbocycles. The van der Waals surface area contributed by atoms with Crippen LogP contribution in [0.1, 0.15) is 19.8 Å². The van der Waals surface area contributed by atoms with Gasteiger partial charge >= 0.3 is 6.03 Å². The second kappa shape index (κ2) is 6.36. The SMILES string of the molecule is CC(=O)NC1CCCN(C(=O)Nc2ccccc2F)C1. The molecule has 0 radical (unpaired) electrons. The summed E-state index contributed by atoms with van der Waals surface area (Å²) in [6.45, 7) is 2.51. The van der Waals surface area contributed by atoms with E-state index in [2.05, 4.69) is 10.6 Å². The number of amides is 3. The number of carbonyl (C=O) groups excluding carboxylic acids is 2. The van der Waals surface area contributed by atoms with Gasteiger partial charge in [0.1, 0.15) is 5.82 Å². The molecule has 0 bridgehead atoms. The molecule has 108 valence electrons. The third-order valence-electron chi connectivity index (χ3n) is 3.23. The van der Waals surface area contributed by atoms with Gasteiger partial charge in [0.05, 0.1) is 5.69 Å². The predicted octanol–water partition coefficient (Wildman–Crippen LogP) is 1.96. The van der Waals surface area contributed by atoms with Gasteiger partial charge < -0.3 is 15.5 Å². The normalized spacial score (nSPS) is 18.5. The van der Waals surface area contributed by atoms with Gasteiger partial charge in [-0.1, -0.05) is 12.1 Å². The zero-order chi connectivity index (χ0) is 14.5. The number of urea groups is 1. The van der Waals surface area contributed by atoms with Crippen molar-refractivity contribution in [2.75, 3.05) is 18.4 Å². The zero-order valence-corrected chi connectivity index (χ0v) is 11.4. The van der Waals surface area contributed by atoms with Gasteiger partial charge in [-0.2, -0.15) is 0 Å². The molecule has 0 spiro atoms. The number of likely N-dealkylation sites (tertiary alicyclic amines) is 1. The molecular weight excluding hydrogens is 261 g/mol. The minimum absolute atomic E-state index is 0.0346. The van der Waals surface area contributed by atoms with E-state index in [0.29, 0.717) is 13.1 Å². The molecule has 6 heteroatoms. The minimum Gasteiger partial charge on any atom is -0.352 e. The Balaban J connectivity index is 1.95. The van der Waals surface area contributed by atoms with E-state index in [1.807, 2.05) is 0 Å². The molecule has 1 atom stereocenters. The fourth-order valence-corrected chi connectivity index (χ4v) is 2.32. The van der Waals surface area contributed by atoms with Crippen LogP contribution in [0.4, 0.5) is 14.9 Å². The topological polar surface area (TPSA) is 61.4 Å². The number of hydrogen-bond donors (Lipinski definition) is 2. The summed E-state index contributed by atoms with van der Waals surface area (Å²) in [6.07, 6.45) is 1.67. The summed E-state index contributed by atoms with van der Waals surface area (Å²) in [6, 6.07) is 5.67. The molecule has 0 aliphatic carbocycles. The van der Waals surface area contributed by atoms with E-state index in [-0.39, 0.29) is 23.7 Å². The number of para-hydroxylation sites is 1. The van der Waals surface area contributed by atoms with E-state index < -0.39 is 5.82 Å². The quantitative estimate of drug-likeness (QED) is 0.869. The van der Waals surface area contributed by atoms with Gasteiger partial charge in [-0.3, -0.25) is 4.79 Å². The van der Waals surface area contributed by atoms with E-state index in [1.165, 1.54) is 19.1 Å². The maximum Gasteiger partial charge on any atom is 0.321 e. The first-order valence-electron chi connectivity index (χ1n) is 6.64. The van der Waals surface area contributed by atoms with Crippen molar-refractivity contribution in [3.63, 3.8) is 0 Å². The number of nitrogens with zero attached hydrogens (tertiary/aromatic N) is 1. The lowest BCUT2D eigenvalue weighted by Crippen LogP contribution is -2.50. The van der Waals surface area contributed by atoms with Gasteiger partial charge in [-0.05, 0) is 25.0 Å². The molecule has 1 saturated heterocycles. The monoisotopic (exact) mass is 279 g/mol. The summed E-state index contributed by atoms with van der Waals surface area (Å²) in [5, 5.41) is 5.36. The number of anilines is 1. The molecule has 0 aromatic heterocycles. The Bertz CT molecular complexity index is 507. The maximum atomic E-state index is 13.5. The van der Waals surface area contributed by atoms with Crippen molar-refractivity contribution in [2.24, 2.45) is 0 Å². The highest BCUT2D eigenvalue weighted by Gasteiger charge is 2.24. The van der Waals surface area contributed by atoms with Crippen molar-refractivity contribution in [3.8, 4) is 0 Å². The standard InChI is InChI=1S/C14H18FN3O2/c1-10(19)16-11-5-4-8-18(9-11)14(20)17-13-7-3-2-6-12(13)15/h2-3,6-7,11H,4-5,8-9H2,1H3,(H,16,19)(H,17,20). The minimum atomic E-state index is -0.462. The second-order valence-corrected chi connectivity index (χ2v) is 4.90. The average molecular weight is 279 g/mol. The number of nitrogens with one attached hydrogen (secondary N) is 2. The van der Waals surface area contributed by atoms with Crippen LogP contribution < -0.4 is 10.6 Å². The molecule has 1 aliphatic rings. The Morgan fingerprint density at radius 3 is 2.80 bits per heavy atom. The lowest BCUT2D eigenvalue weighted by atomic mass is 10.1. The van der Waals surface area contributed by atoms with Crippen LogP contribution in [0.3, 0.4) is 0 Å². The first kappa shape index (κ1) is 14.3. The van der Waals surface area contributed by atoms with Crippen LogP contribution in [-0.2, 0) is 4.79 Å². The van der Waals surface area contributed by atoms with E-state index in [0.717, 1.165) is 12.8 Å². The third kappa shape index (κ3) is 3.69. The highest BCUT2D eigenvalue weighted by molar-refractivity contribution is 5.89. The molecule has 2 N–H and O–H groups in total. The van der Waals surface area contributed by atoms with Gasteiger partial charge in [-0.15, -0.1) is 0 Å². The van der Waals surface area contributed by atoms with Crippen LogP contribution in [0.25, 0.3) is 0 Å². The predicted molar refractivity (Wildman–Crippen MR) is 73.8 cm³/mol. The molecule has 1 aliphatic heterocycles. The van der Waals surface area contributed by atoms with Crippen LogP contribution in [-0.4, -0.2) is 36.0 Å². The number of hydrogen-bond acceptors (Lipinski definition) is 2. The molecule has 20 heavy (non-hydrogen) atoms.